The number of ether oxygens (including phenoxy) is 3. The molecule has 0 radical (unpaired) electrons. The average molecular weight is 412 g/mol. The molecule has 158 valence electrons. The predicted molar refractivity (Wildman–Crippen MR) is 108 cm³/mol. The first-order valence-electron chi connectivity index (χ1n) is 9.52. The zero-order valence-electron chi connectivity index (χ0n) is 17.0. The Hall–Kier alpha value is -3.55. The van der Waals surface area contributed by atoms with E-state index < -0.39 is 5.97 Å². The van der Waals surface area contributed by atoms with Crippen molar-refractivity contribution in [2.24, 2.45) is 0 Å². The Morgan fingerprint density at radius 1 is 1.00 bits per heavy atom. The summed E-state index contributed by atoms with van der Waals surface area (Å²) in [5.74, 6) is -0.0841. The lowest BCUT2D eigenvalue weighted by Gasteiger charge is -2.29. The molecule has 1 N–H and O–H groups in total. The summed E-state index contributed by atoms with van der Waals surface area (Å²) >= 11 is 0. The van der Waals surface area contributed by atoms with E-state index in [4.69, 9.17) is 14.2 Å². The molecule has 0 saturated carbocycles. The van der Waals surface area contributed by atoms with E-state index in [0.717, 1.165) is 11.1 Å². The zero-order valence-corrected chi connectivity index (χ0v) is 17.0. The number of esters is 1. The highest BCUT2D eigenvalue weighted by Crippen LogP contribution is 2.33. The Morgan fingerprint density at radius 3 is 2.33 bits per heavy atom. The second kappa shape index (κ2) is 9.78. The van der Waals surface area contributed by atoms with Crippen molar-refractivity contribution in [3.05, 3.63) is 59.2 Å². The smallest absolute Gasteiger partial charge is 0.325 e. The van der Waals surface area contributed by atoms with Gasteiger partial charge in [-0.1, -0.05) is 18.2 Å². The third-order valence-corrected chi connectivity index (χ3v) is 4.86. The van der Waals surface area contributed by atoms with Crippen LogP contribution in [0.15, 0.2) is 42.5 Å². The summed E-state index contributed by atoms with van der Waals surface area (Å²) in [5, 5.41) is 2.47. The van der Waals surface area contributed by atoms with Gasteiger partial charge in [0.15, 0.2) is 18.1 Å². The molecule has 1 aliphatic heterocycles. The number of benzene rings is 2. The molecule has 2 aromatic rings. The van der Waals surface area contributed by atoms with E-state index in [0.29, 0.717) is 36.6 Å². The molecule has 0 saturated heterocycles. The van der Waals surface area contributed by atoms with Crippen LogP contribution in [-0.4, -0.2) is 56.6 Å². The Bertz CT molecular complexity index is 929. The van der Waals surface area contributed by atoms with Gasteiger partial charge in [0.2, 0.25) is 0 Å². The summed E-state index contributed by atoms with van der Waals surface area (Å²) in [7, 11) is 3.14. The third-order valence-electron chi connectivity index (χ3n) is 4.86. The van der Waals surface area contributed by atoms with Gasteiger partial charge in [-0.3, -0.25) is 14.4 Å². The summed E-state index contributed by atoms with van der Waals surface area (Å²) in [6.45, 7) is 0.240. The van der Waals surface area contributed by atoms with Crippen molar-refractivity contribution in [1.82, 2.24) is 10.2 Å². The molecule has 1 heterocycles. The SMILES string of the molecule is COc1cc2c(cc1OC)CN(C(=O)COC(=O)CNC(=O)c1ccccc1)CC2. The molecule has 30 heavy (non-hydrogen) atoms. The standard InChI is InChI=1S/C22H24N2O6/c1-28-18-10-16-8-9-24(13-17(16)11-19(18)29-2)20(25)14-30-21(26)12-23-22(27)15-6-4-3-5-7-15/h3-7,10-11H,8-9,12-14H2,1-2H3,(H,23,27). The van der Waals surface area contributed by atoms with E-state index in [2.05, 4.69) is 5.32 Å². The first kappa shape index (κ1) is 21.2. The highest BCUT2D eigenvalue weighted by Gasteiger charge is 2.23. The molecule has 0 aromatic heterocycles. The van der Waals surface area contributed by atoms with Crippen molar-refractivity contribution < 1.29 is 28.6 Å². The predicted octanol–water partition coefficient (Wildman–Crippen LogP) is 1.56. The van der Waals surface area contributed by atoms with Crippen LogP contribution < -0.4 is 14.8 Å². The van der Waals surface area contributed by atoms with Gasteiger partial charge >= 0.3 is 5.97 Å². The average Bonchev–Trinajstić information content (AvgIpc) is 2.80. The molecule has 8 heteroatoms. The number of carbonyl (C=O) groups is 3. The van der Waals surface area contributed by atoms with Crippen molar-refractivity contribution in [3.63, 3.8) is 0 Å². The summed E-state index contributed by atoms with van der Waals surface area (Å²) in [6, 6.07) is 12.3. The fraction of sp³-hybridized carbons (Fsp3) is 0.318. The summed E-state index contributed by atoms with van der Waals surface area (Å²) in [4.78, 5) is 37.9. The van der Waals surface area contributed by atoms with Crippen molar-refractivity contribution in [2.75, 3.05) is 33.9 Å². The van der Waals surface area contributed by atoms with Gasteiger partial charge in [-0.05, 0) is 41.8 Å². The zero-order chi connectivity index (χ0) is 21.5. The van der Waals surface area contributed by atoms with Crippen molar-refractivity contribution in [1.29, 1.82) is 0 Å². The maximum absolute atomic E-state index is 12.5. The number of nitrogens with one attached hydrogen (secondary N) is 1. The normalized spacial score (nSPS) is 12.5. The largest absolute Gasteiger partial charge is 0.493 e. The number of methoxy groups -OCH3 is 2. The van der Waals surface area contributed by atoms with Crippen LogP contribution >= 0.6 is 0 Å². The van der Waals surface area contributed by atoms with Gasteiger partial charge in [-0.15, -0.1) is 0 Å². The minimum absolute atomic E-state index is 0.293. The maximum atomic E-state index is 12.5. The van der Waals surface area contributed by atoms with E-state index in [1.807, 2.05) is 12.1 Å². The van der Waals surface area contributed by atoms with Crippen LogP contribution in [0, 0.1) is 0 Å². The molecule has 2 amide bonds. The molecule has 0 fully saturated rings. The molecule has 0 bridgehead atoms. The number of nitrogens with zero attached hydrogens (tertiary/aromatic N) is 1. The Kier molecular flexibility index (Phi) is 6.90. The van der Waals surface area contributed by atoms with E-state index in [9.17, 15) is 14.4 Å². The van der Waals surface area contributed by atoms with Crippen molar-refractivity contribution >= 4 is 17.8 Å². The summed E-state index contributed by atoms with van der Waals surface area (Å²) in [5.41, 5.74) is 2.51. The summed E-state index contributed by atoms with van der Waals surface area (Å²) < 4.78 is 15.7. The quantitative estimate of drug-likeness (QED) is 0.694. The number of hydrogen-bond acceptors (Lipinski definition) is 6. The van der Waals surface area contributed by atoms with Crippen LogP contribution in [0.3, 0.4) is 0 Å². The van der Waals surface area contributed by atoms with Gasteiger partial charge in [0, 0.05) is 18.7 Å². The fourth-order valence-corrected chi connectivity index (χ4v) is 3.22. The molecule has 2 aromatic carbocycles. The molecule has 0 aliphatic carbocycles. The van der Waals surface area contributed by atoms with Gasteiger partial charge in [0.25, 0.3) is 11.8 Å². The van der Waals surface area contributed by atoms with Crippen LogP contribution in [0.1, 0.15) is 21.5 Å². The molecule has 3 rings (SSSR count). The van der Waals surface area contributed by atoms with Gasteiger partial charge in [-0.25, -0.2) is 0 Å². The van der Waals surface area contributed by atoms with Crippen LogP contribution in [0.5, 0.6) is 11.5 Å². The minimum Gasteiger partial charge on any atom is -0.493 e. The maximum Gasteiger partial charge on any atom is 0.325 e. The topological polar surface area (TPSA) is 94.2 Å². The molecule has 0 unspecified atom stereocenters. The highest BCUT2D eigenvalue weighted by molar-refractivity contribution is 5.96. The third kappa shape index (κ3) is 5.08. The lowest BCUT2D eigenvalue weighted by molar-refractivity contribution is -0.151. The van der Waals surface area contributed by atoms with Crippen LogP contribution in [0.4, 0.5) is 0 Å². The van der Waals surface area contributed by atoms with Crippen LogP contribution in [0.25, 0.3) is 0 Å². The van der Waals surface area contributed by atoms with Crippen molar-refractivity contribution in [3.8, 4) is 11.5 Å². The Balaban J connectivity index is 1.48. The Morgan fingerprint density at radius 2 is 1.67 bits per heavy atom. The second-order valence-electron chi connectivity index (χ2n) is 6.75. The molecular weight excluding hydrogens is 388 g/mol. The van der Waals surface area contributed by atoms with Crippen LogP contribution in [0.2, 0.25) is 0 Å². The first-order chi connectivity index (χ1) is 14.5. The highest BCUT2D eigenvalue weighted by atomic mass is 16.5. The van der Waals surface area contributed by atoms with E-state index in [1.54, 1.807) is 49.5 Å². The van der Waals surface area contributed by atoms with Gasteiger partial charge in [-0.2, -0.15) is 0 Å². The van der Waals surface area contributed by atoms with Crippen LogP contribution in [-0.2, 0) is 27.3 Å². The molecule has 8 nitrogen and oxygen atoms in total. The number of amides is 2. The number of fused-ring (bicyclic) bond motifs is 1. The molecule has 1 aliphatic rings. The monoisotopic (exact) mass is 412 g/mol. The Labute approximate surface area is 174 Å². The number of hydrogen-bond donors (Lipinski definition) is 1. The van der Waals surface area contributed by atoms with E-state index in [1.165, 1.54) is 0 Å². The summed E-state index contributed by atoms with van der Waals surface area (Å²) in [6.07, 6.45) is 0.669. The second-order valence-corrected chi connectivity index (χ2v) is 6.75. The lowest BCUT2D eigenvalue weighted by atomic mass is 9.99. The fourth-order valence-electron chi connectivity index (χ4n) is 3.22. The van der Waals surface area contributed by atoms with Crippen molar-refractivity contribution in [2.45, 2.75) is 13.0 Å². The van der Waals surface area contributed by atoms with Gasteiger partial charge in [0.05, 0.1) is 14.2 Å². The molecule has 0 spiro atoms. The number of rotatable bonds is 7. The van der Waals surface area contributed by atoms with E-state index >= 15 is 0 Å². The molecule has 0 atom stereocenters. The minimum atomic E-state index is -0.670. The van der Waals surface area contributed by atoms with Gasteiger partial charge in [0.1, 0.15) is 6.54 Å². The van der Waals surface area contributed by atoms with E-state index in [-0.39, 0.29) is 25.0 Å². The number of carbonyl (C=O) groups excluding carboxylic acids is 3. The van der Waals surface area contributed by atoms with Gasteiger partial charge < -0.3 is 24.4 Å². The lowest BCUT2D eigenvalue weighted by Crippen LogP contribution is -2.39. The molecular formula is C22H24N2O6. The first-order valence-corrected chi connectivity index (χ1v) is 9.52.